The molecule has 0 fully saturated rings. The van der Waals surface area contributed by atoms with Crippen molar-refractivity contribution in [3.63, 3.8) is 0 Å². The predicted octanol–water partition coefficient (Wildman–Crippen LogP) is 2.18. The van der Waals surface area contributed by atoms with Crippen molar-refractivity contribution in [2.24, 2.45) is 8.80 Å². The van der Waals surface area contributed by atoms with Crippen LogP contribution in [0.25, 0.3) is 0 Å². The van der Waals surface area contributed by atoms with Crippen molar-refractivity contribution >= 4 is 28.7 Å². The van der Waals surface area contributed by atoms with Gasteiger partial charge in [0.25, 0.3) is 11.2 Å². The molecule has 33 heavy (non-hydrogen) atoms. The lowest BCUT2D eigenvalue weighted by Gasteiger charge is -2.24. The smallest absolute Gasteiger partial charge is 0.269 e. The maximum Gasteiger partial charge on any atom is 0.269 e. The van der Waals surface area contributed by atoms with Crippen molar-refractivity contribution in [2.75, 3.05) is 18.0 Å². The van der Waals surface area contributed by atoms with Gasteiger partial charge in [0.05, 0.1) is 6.54 Å². The molecular formula is C22H23FN8OS. The number of halogens is 1. The number of hydrogen-bond acceptors (Lipinski definition) is 7. The number of rotatable bonds is 9. The molecular weight excluding hydrogens is 443 g/mol. The minimum absolute atomic E-state index is 0.257. The number of benzene rings is 1. The van der Waals surface area contributed by atoms with Gasteiger partial charge >= 0.3 is 0 Å². The summed E-state index contributed by atoms with van der Waals surface area (Å²) in [5.41, 5.74) is 0.993. The second kappa shape index (κ2) is 11.2. The monoisotopic (exact) mass is 466 g/mol. The summed E-state index contributed by atoms with van der Waals surface area (Å²) in [4.78, 5) is 14.9. The number of nitrogens with zero attached hydrogens (tertiary/aromatic N) is 6. The van der Waals surface area contributed by atoms with E-state index in [0.29, 0.717) is 43.7 Å². The summed E-state index contributed by atoms with van der Waals surface area (Å²) in [6, 6.07) is 14.0. The van der Waals surface area contributed by atoms with Crippen LogP contribution in [-0.2, 0) is 24.3 Å². The summed E-state index contributed by atoms with van der Waals surface area (Å²) in [5, 5.41) is 6.28. The van der Waals surface area contributed by atoms with E-state index in [1.54, 1.807) is 36.8 Å². The lowest BCUT2D eigenvalue weighted by Crippen LogP contribution is -2.39. The first-order valence-electron chi connectivity index (χ1n) is 10.4. The van der Waals surface area contributed by atoms with Crippen LogP contribution in [0, 0.1) is 5.82 Å². The van der Waals surface area contributed by atoms with Crippen LogP contribution in [0.2, 0.25) is 0 Å². The number of anilines is 1. The SMILES string of the molecule is O=S1N=C(NCCCN(Cc2ccc(F)cc2)c2ccccn2)C(NCc2ncccn2)=N1. The van der Waals surface area contributed by atoms with Crippen molar-refractivity contribution in [3.8, 4) is 0 Å². The van der Waals surface area contributed by atoms with Gasteiger partial charge in [0.1, 0.15) is 17.5 Å². The lowest BCUT2D eigenvalue weighted by atomic mass is 10.2. The predicted molar refractivity (Wildman–Crippen MR) is 126 cm³/mol. The minimum atomic E-state index is -1.65. The van der Waals surface area contributed by atoms with Gasteiger partial charge in [0, 0.05) is 38.2 Å². The van der Waals surface area contributed by atoms with Crippen molar-refractivity contribution in [3.05, 3.63) is 84.3 Å². The molecule has 11 heteroatoms. The molecule has 0 bridgehead atoms. The van der Waals surface area contributed by atoms with Crippen LogP contribution in [-0.4, -0.2) is 43.9 Å². The molecule has 2 N–H and O–H groups in total. The minimum Gasteiger partial charge on any atom is -0.366 e. The molecule has 0 radical (unpaired) electrons. The Labute approximate surface area is 193 Å². The second-order valence-corrected chi connectivity index (χ2v) is 7.97. The molecule has 0 amide bonds. The first-order chi connectivity index (χ1) is 16.2. The highest BCUT2D eigenvalue weighted by Gasteiger charge is 2.19. The third kappa shape index (κ3) is 6.62. The van der Waals surface area contributed by atoms with Crippen molar-refractivity contribution in [1.82, 2.24) is 25.6 Å². The van der Waals surface area contributed by atoms with Crippen LogP contribution in [0.3, 0.4) is 0 Å². The van der Waals surface area contributed by atoms with E-state index < -0.39 is 11.2 Å². The molecule has 4 rings (SSSR count). The standard InChI is InChI=1S/C22H23FN8OS/c23-18-8-6-17(7-9-18)16-31(20-5-1-2-10-26-20)14-4-13-27-21-22(30-33(32)29-21)28-15-19-24-11-3-12-25-19/h1-3,5-12H,4,13-16H2,(H,27,29)(H,28,30). The zero-order chi connectivity index (χ0) is 22.9. The van der Waals surface area contributed by atoms with Gasteiger partial charge in [0.2, 0.25) is 0 Å². The van der Waals surface area contributed by atoms with Gasteiger partial charge < -0.3 is 15.5 Å². The third-order valence-corrected chi connectivity index (χ3v) is 5.43. The Morgan fingerprint density at radius 2 is 1.61 bits per heavy atom. The Hall–Kier alpha value is -3.73. The molecule has 1 atom stereocenters. The summed E-state index contributed by atoms with van der Waals surface area (Å²) in [6.45, 7) is 2.25. The van der Waals surface area contributed by atoms with E-state index in [4.69, 9.17) is 0 Å². The van der Waals surface area contributed by atoms with E-state index in [2.05, 4.69) is 39.3 Å². The van der Waals surface area contributed by atoms with Crippen molar-refractivity contribution in [1.29, 1.82) is 0 Å². The van der Waals surface area contributed by atoms with E-state index in [9.17, 15) is 8.60 Å². The van der Waals surface area contributed by atoms with Gasteiger partial charge in [-0.2, -0.15) is 0 Å². The average molecular weight is 467 g/mol. The summed E-state index contributed by atoms with van der Waals surface area (Å²) in [6.07, 6.45) is 5.83. The number of hydrogen-bond donors (Lipinski definition) is 2. The van der Waals surface area contributed by atoms with Gasteiger partial charge in [-0.3, -0.25) is 0 Å². The quantitative estimate of drug-likeness (QED) is 0.466. The van der Waals surface area contributed by atoms with E-state index in [0.717, 1.165) is 17.8 Å². The molecule has 3 aromatic rings. The Kier molecular flexibility index (Phi) is 7.64. The van der Waals surface area contributed by atoms with Crippen LogP contribution in [0.5, 0.6) is 0 Å². The highest BCUT2D eigenvalue weighted by Crippen LogP contribution is 2.15. The molecule has 3 heterocycles. The molecule has 0 saturated carbocycles. The van der Waals surface area contributed by atoms with Crippen LogP contribution < -0.4 is 15.5 Å². The first kappa shape index (κ1) is 22.5. The zero-order valence-electron chi connectivity index (χ0n) is 17.8. The lowest BCUT2D eigenvalue weighted by molar-refractivity contribution is 0.626. The number of nitrogens with one attached hydrogen (secondary N) is 2. The fourth-order valence-corrected chi connectivity index (χ4v) is 3.84. The largest absolute Gasteiger partial charge is 0.366 e. The van der Waals surface area contributed by atoms with E-state index in [-0.39, 0.29) is 5.82 Å². The topological polar surface area (TPSA) is 108 Å². The normalized spacial score (nSPS) is 15.0. The summed E-state index contributed by atoms with van der Waals surface area (Å²) >= 11 is -1.65. The fourth-order valence-electron chi connectivity index (χ4n) is 3.18. The molecule has 1 aromatic carbocycles. The Bertz CT molecular complexity index is 1130. The molecule has 1 aliphatic heterocycles. The maximum absolute atomic E-state index is 13.3. The highest BCUT2D eigenvalue weighted by atomic mass is 32.2. The Morgan fingerprint density at radius 3 is 2.33 bits per heavy atom. The Balaban J connectivity index is 1.31. The van der Waals surface area contributed by atoms with E-state index >= 15 is 0 Å². The fraction of sp³-hybridized carbons (Fsp3) is 0.227. The molecule has 9 nitrogen and oxygen atoms in total. The van der Waals surface area contributed by atoms with Gasteiger partial charge in [-0.25, -0.2) is 23.6 Å². The second-order valence-electron chi connectivity index (χ2n) is 7.15. The molecule has 2 aromatic heterocycles. The molecule has 1 aliphatic rings. The number of pyridine rings is 1. The molecule has 0 aliphatic carbocycles. The Morgan fingerprint density at radius 1 is 0.879 bits per heavy atom. The molecule has 0 saturated heterocycles. The van der Waals surface area contributed by atoms with Crippen molar-refractivity contribution in [2.45, 2.75) is 19.5 Å². The van der Waals surface area contributed by atoms with Gasteiger partial charge in [-0.15, -0.1) is 8.80 Å². The first-order valence-corrected chi connectivity index (χ1v) is 11.5. The van der Waals surface area contributed by atoms with Crippen molar-refractivity contribution < 1.29 is 8.60 Å². The summed E-state index contributed by atoms with van der Waals surface area (Å²) in [5.74, 6) is 2.06. The van der Waals surface area contributed by atoms with Crippen LogP contribution in [0.4, 0.5) is 10.2 Å². The zero-order valence-corrected chi connectivity index (χ0v) is 18.6. The average Bonchev–Trinajstić information content (AvgIpc) is 3.21. The van der Waals surface area contributed by atoms with Crippen LogP contribution in [0.1, 0.15) is 17.8 Å². The summed E-state index contributed by atoms with van der Waals surface area (Å²) < 4.78 is 33.1. The maximum atomic E-state index is 13.3. The summed E-state index contributed by atoms with van der Waals surface area (Å²) in [7, 11) is 0. The molecule has 170 valence electrons. The van der Waals surface area contributed by atoms with Gasteiger partial charge in [0.15, 0.2) is 11.7 Å². The van der Waals surface area contributed by atoms with Gasteiger partial charge in [-0.05, 0) is 42.3 Å². The van der Waals surface area contributed by atoms with Crippen LogP contribution in [0.15, 0.2) is 75.9 Å². The highest BCUT2D eigenvalue weighted by molar-refractivity contribution is 7.83. The third-order valence-electron chi connectivity index (χ3n) is 4.75. The van der Waals surface area contributed by atoms with E-state index in [1.165, 1.54) is 12.1 Å². The van der Waals surface area contributed by atoms with Gasteiger partial charge in [-0.1, -0.05) is 18.2 Å². The molecule has 1 unspecified atom stereocenters. The molecule has 0 spiro atoms. The van der Waals surface area contributed by atoms with E-state index in [1.807, 2.05) is 18.2 Å². The number of amidine groups is 2. The van der Waals surface area contributed by atoms with Crippen LogP contribution >= 0.6 is 0 Å². The number of aromatic nitrogens is 3.